The molecule has 0 bridgehead atoms. The van der Waals surface area contributed by atoms with E-state index in [9.17, 15) is 4.39 Å². The third-order valence-corrected chi connectivity index (χ3v) is 3.64. The molecule has 1 aliphatic rings. The van der Waals surface area contributed by atoms with Crippen molar-refractivity contribution in [3.05, 3.63) is 30.1 Å². The molecule has 0 radical (unpaired) electrons. The Balaban J connectivity index is 2.04. The number of nitrogens with zero attached hydrogens (tertiary/aromatic N) is 1. The lowest BCUT2D eigenvalue weighted by molar-refractivity contribution is 0.258. The summed E-state index contributed by atoms with van der Waals surface area (Å²) >= 11 is 0. The van der Waals surface area contributed by atoms with E-state index in [1.54, 1.807) is 12.1 Å². The molecule has 1 aromatic carbocycles. The summed E-state index contributed by atoms with van der Waals surface area (Å²) < 4.78 is 13.1. The van der Waals surface area contributed by atoms with Crippen LogP contribution in [0, 0.1) is 11.2 Å². The molecule has 0 unspecified atom stereocenters. The van der Waals surface area contributed by atoms with Crippen LogP contribution in [0.5, 0.6) is 0 Å². The number of hydrogen-bond donors (Lipinski definition) is 1. The van der Waals surface area contributed by atoms with Crippen molar-refractivity contribution in [2.75, 3.05) is 24.5 Å². The Morgan fingerprint density at radius 2 is 2.06 bits per heavy atom. The van der Waals surface area contributed by atoms with Crippen molar-refractivity contribution in [3.63, 3.8) is 0 Å². The average Bonchev–Trinajstić information content (AvgIpc) is 2.30. The first-order valence-electron chi connectivity index (χ1n) is 5.84. The van der Waals surface area contributed by atoms with E-state index in [4.69, 9.17) is 5.73 Å². The number of halogens is 1. The lowest BCUT2D eigenvalue weighted by atomic mass is 9.80. The fourth-order valence-corrected chi connectivity index (χ4v) is 2.18. The molecule has 16 heavy (non-hydrogen) atoms. The first-order valence-corrected chi connectivity index (χ1v) is 5.84. The van der Waals surface area contributed by atoms with Crippen LogP contribution in [0.4, 0.5) is 10.1 Å². The van der Waals surface area contributed by atoms with Gasteiger partial charge in [-0.1, -0.05) is 13.0 Å². The van der Waals surface area contributed by atoms with E-state index in [-0.39, 0.29) is 11.2 Å². The number of piperidine rings is 1. The summed E-state index contributed by atoms with van der Waals surface area (Å²) in [5.41, 5.74) is 7.02. The van der Waals surface area contributed by atoms with E-state index in [1.807, 2.05) is 6.07 Å². The Labute approximate surface area is 96.2 Å². The zero-order chi connectivity index (χ0) is 11.6. The van der Waals surface area contributed by atoms with Gasteiger partial charge in [-0.3, -0.25) is 0 Å². The zero-order valence-electron chi connectivity index (χ0n) is 9.75. The summed E-state index contributed by atoms with van der Waals surface area (Å²) in [6.45, 7) is 4.91. The summed E-state index contributed by atoms with van der Waals surface area (Å²) in [5.74, 6) is -0.162. The van der Waals surface area contributed by atoms with Crippen LogP contribution in [0.1, 0.15) is 19.8 Å². The summed E-state index contributed by atoms with van der Waals surface area (Å²) in [4.78, 5) is 2.24. The Hall–Kier alpha value is -1.09. The molecule has 1 saturated heterocycles. The van der Waals surface area contributed by atoms with Crippen molar-refractivity contribution >= 4 is 5.69 Å². The summed E-state index contributed by atoms with van der Waals surface area (Å²) in [6.07, 6.45) is 2.17. The van der Waals surface area contributed by atoms with Crippen LogP contribution in [0.3, 0.4) is 0 Å². The molecule has 2 rings (SSSR count). The smallest absolute Gasteiger partial charge is 0.125 e. The Morgan fingerprint density at radius 1 is 1.38 bits per heavy atom. The maximum atomic E-state index is 13.1. The molecule has 88 valence electrons. The maximum absolute atomic E-state index is 13.1. The predicted octanol–water partition coefficient (Wildman–Crippen LogP) is 2.39. The van der Waals surface area contributed by atoms with Crippen LogP contribution in [-0.2, 0) is 0 Å². The van der Waals surface area contributed by atoms with Crippen LogP contribution in [0.25, 0.3) is 0 Å². The zero-order valence-corrected chi connectivity index (χ0v) is 9.75. The average molecular weight is 222 g/mol. The van der Waals surface area contributed by atoms with Gasteiger partial charge in [0.2, 0.25) is 0 Å². The van der Waals surface area contributed by atoms with Gasteiger partial charge in [0.25, 0.3) is 0 Å². The number of benzene rings is 1. The first kappa shape index (κ1) is 11.4. The van der Waals surface area contributed by atoms with Gasteiger partial charge in [-0.05, 0) is 43.0 Å². The maximum Gasteiger partial charge on any atom is 0.125 e. The van der Waals surface area contributed by atoms with Gasteiger partial charge in [0, 0.05) is 18.8 Å². The second-order valence-electron chi connectivity index (χ2n) is 4.98. The number of nitrogens with two attached hydrogens (primary N) is 1. The minimum absolute atomic E-state index is 0.162. The molecule has 0 aliphatic carbocycles. The fourth-order valence-electron chi connectivity index (χ4n) is 2.18. The van der Waals surface area contributed by atoms with E-state index in [0.29, 0.717) is 0 Å². The van der Waals surface area contributed by atoms with E-state index in [0.717, 1.165) is 38.2 Å². The second kappa shape index (κ2) is 4.42. The molecular weight excluding hydrogens is 203 g/mol. The Bertz CT molecular complexity index is 357. The predicted molar refractivity (Wildman–Crippen MR) is 65.0 cm³/mol. The highest BCUT2D eigenvalue weighted by atomic mass is 19.1. The fraction of sp³-hybridized carbons (Fsp3) is 0.538. The normalized spacial score (nSPS) is 19.8. The molecule has 1 heterocycles. The van der Waals surface area contributed by atoms with Gasteiger partial charge in [0.1, 0.15) is 5.82 Å². The van der Waals surface area contributed by atoms with Crippen LogP contribution in [-0.4, -0.2) is 19.6 Å². The third-order valence-electron chi connectivity index (χ3n) is 3.64. The van der Waals surface area contributed by atoms with Crippen molar-refractivity contribution in [1.29, 1.82) is 0 Å². The molecule has 0 saturated carbocycles. The molecule has 1 fully saturated rings. The molecule has 1 aromatic rings. The van der Waals surface area contributed by atoms with Crippen LogP contribution in [0.15, 0.2) is 24.3 Å². The number of anilines is 1. The molecule has 0 atom stereocenters. The van der Waals surface area contributed by atoms with Gasteiger partial charge in [-0.2, -0.15) is 0 Å². The SMILES string of the molecule is CC1(CN)CCN(c2cccc(F)c2)CC1. The lowest BCUT2D eigenvalue weighted by Crippen LogP contribution is -2.42. The van der Waals surface area contributed by atoms with Crippen molar-refractivity contribution in [3.8, 4) is 0 Å². The topological polar surface area (TPSA) is 29.3 Å². The third kappa shape index (κ3) is 2.35. The molecule has 0 amide bonds. The van der Waals surface area contributed by atoms with E-state index >= 15 is 0 Å². The van der Waals surface area contributed by atoms with Gasteiger partial charge < -0.3 is 10.6 Å². The van der Waals surface area contributed by atoms with Crippen molar-refractivity contribution < 1.29 is 4.39 Å². The Kier molecular flexibility index (Phi) is 3.15. The summed E-state index contributed by atoms with van der Waals surface area (Å²) in [5, 5.41) is 0. The highest BCUT2D eigenvalue weighted by Gasteiger charge is 2.28. The minimum atomic E-state index is -0.162. The van der Waals surface area contributed by atoms with Crippen molar-refractivity contribution in [1.82, 2.24) is 0 Å². The van der Waals surface area contributed by atoms with Crippen LogP contribution in [0.2, 0.25) is 0 Å². The summed E-state index contributed by atoms with van der Waals surface area (Å²) in [7, 11) is 0. The quantitative estimate of drug-likeness (QED) is 0.832. The largest absolute Gasteiger partial charge is 0.371 e. The summed E-state index contributed by atoms with van der Waals surface area (Å²) in [6, 6.07) is 6.82. The van der Waals surface area contributed by atoms with E-state index in [1.165, 1.54) is 6.07 Å². The highest BCUT2D eigenvalue weighted by molar-refractivity contribution is 5.46. The van der Waals surface area contributed by atoms with Crippen molar-refractivity contribution in [2.24, 2.45) is 11.1 Å². The van der Waals surface area contributed by atoms with Crippen LogP contribution < -0.4 is 10.6 Å². The van der Waals surface area contributed by atoms with Gasteiger partial charge in [0.05, 0.1) is 0 Å². The standard InChI is InChI=1S/C13H19FN2/c1-13(10-15)5-7-16(8-6-13)12-4-2-3-11(14)9-12/h2-4,9H,5-8,10,15H2,1H3. The molecule has 1 aliphatic heterocycles. The van der Waals surface area contributed by atoms with Gasteiger partial charge in [0.15, 0.2) is 0 Å². The number of hydrogen-bond acceptors (Lipinski definition) is 2. The van der Waals surface area contributed by atoms with Crippen molar-refractivity contribution in [2.45, 2.75) is 19.8 Å². The highest BCUT2D eigenvalue weighted by Crippen LogP contribution is 2.31. The molecule has 2 N–H and O–H groups in total. The van der Waals surface area contributed by atoms with Gasteiger partial charge >= 0.3 is 0 Å². The molecular formula is C13H19FN2. The Morgan fingerprint density at radius 3 is 2.62 bits per heavy atom. The monoisotopic (exact) mass is 222 g/mol. The first-order chi connectivity index (χ1) is 7.63. The second-order valence-corrected chi connectivity index (χ2v) is 4.98. The molecule has 2 nitrogen and oxygen atoms in total. The van der Waals surface area contributed by atoms with Gasteiger partial charge in [-0.25, -0.2) is 4.39 Å². The molecule has 0 aromatic heterocycles. The van der Waals surface area contributed by atoms with Crippen LogP contribution >= 0.6 is 0 Å². The van der Waals surface area contributed by atoms with Gasteiger partial charge in [-0.15, -0.1) is 0 Å². The minimum Gasteiger partial charge on any atom is -0.371 e. The van der Waals surface area contributed by atoms with E-state index < -0.39 is 0 Å². The lowest BCUT2D eigenvalue weighted by Gasteiger charge is -2.39. The molecule has 0 spiro atoms. The molecule has 3 heteroatoms. The number of rotatable bonds is 2. The van der Waals surface area contributed by atoms with E-state index in [2.05, 4.69) is 11.8 Å².